The molecule has 0 aliphatic rings. The van der Waals surface area contributed by atoms with E-state index in [1.165, 1.54) is 18.2 Å². The highest BCUT2D eigenvalue weighted by Crippen LogP contribution is 2.17. The number of amides is 1. The average molecular weight is 332 g/mol. The zero-order valence-electron chi connectivity index (χ0n) is 11.8. The summed E-state index contributed by atoms with van der Waals surface area (Å²) >= 11 is 5.82. The Morgan fingerprint density at radius 3 is 2.87 bits per heavy atom. The third-order valence-electron chi connectivity index (χ3n) is 2.75. The number of rotatable bonds is 5. The normalized spacial score (nSPS) is 10.3. The second-order valence-electron chi connectivity index (χ2n) is 4.33. The summed E-state index contributed by atoms with van der Waals surface area (Å²) in [5.41, 5.74) is 2.59. The molecule has 1 N–H and O–H groups in total. The molecule has 0 saturated carbocycles. The van der Waals surface area contributed by atoms with Gasteiger partial charge >= 0.3 is 0 Å². The lowest BCUT2D eigenvalue weighted by molar-refractivity contribution is -0.123. The molecule has 0 aromatic heterocycles. The molecule has 2 aromatic rings. The summed E-state index contributed by atoms with van der Waals surface area (Å²) in [5.74, 6) is -0.803. The number of hydrogen-bond acceptors (Lipinski definition) is 4. The number of nitrogens with one attached hydrogen (secondary N) is 1. The molecule has 0 saturated heterocycles. The van der Waals surface area contributed by atoms with E-state index in [0.29, 0.717) is 11.3 Å². The molecule has 116 valence electrons. The number of ether oxygens (including phenoxy) is 1. The minimum atomic E-state index is -0.554. The largest absolute Gasteiger partial charge is 0.482 e. The van der Waals surface area contributed by atoms with Crippen molar-refractivity contribution < 1.29 is 13.9 Å². The van der Waals surface area contributed by atoms with Crippen LogP contribution >= 0.6 is 11.6 Å². The van der Waals surface area contributed by atoms with E-state index in [0.717, 1.165) is 6.21 Å². The van der Waals surface area contributed by atoms with Crippen LogP contribution in [0.1, 0.15) is 11.1 Å². The van der Waals surface area contributed by atoms with E-state index in [1.54, 1.807) is 24.3 Å². The standard InChI is InChI=1S/C16H11ClFN3O2/c17-13-5-3-6-14(18)12(13)9-20-21-16(22)10-23-15-7-2-1-4-11(15)8-19/h1-7,9H,10H2,(H,21,22)/b20-9+. The number of carbonyl (C=O) groups excluding carboxylic acids is 1. The lowest BCUT2D eigenvalue weighted by atomic mass is 10.2. The highest BCUT2D eigenvalue weighted by molar-refractivity contribution is 6.33. The van der Waals surface area contributed by atoms with E-state index < -0.39 is 11.7 Å². The highest BCUT2D eigenvalue weighted by atomic mass is 35.5. The maximum atomic E-state index is 13.5. The first-order chi connectivity index (χ1) is 11.1. The van der Waals surface area contributed by atoms with Crippen molar-refractivity contribution in [2.45, 2.75) is 0 Å². The monoisotopic (exact) mass is 331 g/mol. The van der Waals surface area contributed by atoms with Crippen LogP contribution in [0.25, 0.3) is 0 Å². The van der Waals surface area contributed by atoms with Crippen molar-refractivity contribution in [2.75, 3.05) is 6.61 Å². The molecule has 0 atom stereocenters. The molecule has 5 nitrogen and oxygen atoms in total. The molecule has 0 radical (unpaired) electrons. The van der Waals surface area contributed by atoms with Crippen LogP contribution in [0.3, 0.4) is 0 Å². The fourth-order valence-electron chi connectivity index (χ4n) is 1.66. The molecule has 23 heavy (non-hydrogen) atoms. The minimum absolute atomic E-state index is 0.0743. The molecule has 2 aromatic carbocycles. The molecule has 0 aliphatic heterocycles. The fourth-order valence-corrected chi connectivity index (χ4v) is 1.88. The van der Waals surface area contributed by atoms with Crippen molar-refractivity contribution in [3.8, 4) is 11.8 Å². The molecular weight excluding hydrogens is 321 g/mol. The van der Waals surface area contributed by atoms with Crippen molar-refractivity contribution in [1.82, 2.24) is 5.43 Å². The topological polar surface area (TPSA) is 74.5 Å². The molecule has 0 bridgehead atoms. The summed E-state index contributed by atoms with van der Waals surface area (Å²) in [6.07, 6.45) is 1.11. The number of halogens is 2. The van der Waals surface area contributed by atoms with Crippen LogP contribution < -0.4 is 10.2 Å². The molecule has 7 heteroatoms. The van der Waals surface area contributed by atoms with Gasteiger partial charge in [0, 0.05) is 5.56 Å². The molecule has 0 unspecified atom stereocenters. The summed E-state index contributed by atoms with van der Waals surface area (Å²) in [4.78, 5) is 11.6. The Bertz CT molecular complexity index is 767. The predicted molar refractivity (Wildman–Crippen MR) is 83.8 cm³/mol. The third-order valence-corrected chi connectivity index (χ3v) is 3.08. The number of benzene rings is 2. The Labute approximate surface area is 137 Å². The van der Waals surface area contributed by atoms with Crippen molar-refractivity contribution in [3.63, 3.8) is 0 Å². The highest BCUT2D eigenvalue weighted by Gasteiger charge is 2.06. The predicted octanol–water partition coefficient (Wildman–Crippen LogP) is 2.88. The van der Waals surface area contributed by atoms with Crippen LogP contribution in [0.5, 0.6) is 5.75 Å². The Kier molecular flexibility index (Phi) is 5.67. The maximum Gasteiger partial charge on any atom is 0.277 e. The Morgan fingerprint density at radius 2 is 2.13 bits per heavy atom. The zero-order chi connectivity index (χ0) is 16.7. The first-order valence-corrected chi connectivity index (χ1v) is 6.87. The number of nitriles is 1. The van der Waals surface area contributed by atoms with Crippen LogP contribution in [0.2, 0.25) is 5.02 Å². The summed E-state index contributed by atoms with van der Waals surface area (Å²) in [6, 6.07) is 12.7. The van der Waals surface area contributed by atoms with Crippen molar-refractivity contribution >= 4 is 23.7 Å². The zero-order valence-corrected chi connectivity index (χ0v) is 12.5. The molecule has 0 spiro atoms. The van der Waals surface area contributed by atoms with E-state index in [9.17, 15) is 9.18 Å². The number of hydrogen-bond donors (Lipinski definition) is 1. The Balaban J connectivity index is 1.91. The maximum absolute atomic E-state index is 13.5. The number of carbonyl (C=O) groups is 1. The van der Waals surface area contributed by atoms with Crippen LogP contribution in [0, 0.1) is 17.1 Å². The molecular formula is C16H11ClFN3O2. The Morgan fingerprint density at radius 1 is 1.35 bits per heavy atom. The molecule has 0 aliphatic carbocycles. The lowest BCUT2D eigenvalue weighted by Crippen LogP contribution is -2.24. The lowest BCUT2D eigenvalue weighted by Gasteiger charge is -2.06. The van der Waals surface area contributed by atoms with Gasteiger partial charge < -0.3 is 4.74 Å². The molecule has 2 rings (SSSR count). The van der Waals surface area contributed by atoms with Gasteiger partial charge in [0.1, 0.15) is 17.6 Å². The van der Waals surface area contributed by atoms with Gasteiger partial charge in [0.2, 0.25) is 0 Å². The van der Waals surface area contributed by atoms with Crippen molar-refractivity contribution in [1.29, 1.82) is 5.26 Å². The first-order valence-electron chi connectivity index (χ1n) is 6.49. The van der Waals surface area contributed by atoms with Gasteiger partial charge in [-0.2, -0.15) is 10.4 Å². The van der Waals surface area contributed by atoms with Crippen LogP contribution in [0.15, 0.2) is 47.6 Å². The molecule has 0 fully saturated rings. The van der Waals surface area contributed by atoms with E-state index >= 15 is 0 Å². The third kappa shape index (κ3) is 4.53. The van der Waals surface area contributed by atoms with Crippen LogP contribution in [0.4, 0.5) is 4.39 Å². The number of hydrazone groups is 1. The SMILES string of the molecule is N#Cc1ccccc1OCC(=O)N/N=C/c1c(F)cccc1Cl. The number of nitrogens with zero attached hydrogens (tertiary/aromatic N) is 2. The van der Waals surface area contributed by atoms with Gasteiger partial charge in [0.25, 0.3) is 5.91 Å². The van der Waals surface area contributed by atoms with Crippen LogP contribution in [-0.4, -0.2) is 18.7 Å². The van der Waals surface area contributed by atoms with E-state index in [1.807, 2.05) is 6.07 Å². The number of para-hydroxylation sites is 1. The Hall–Kier alpha value is -2.91. The van der Waals surface area contributed by atoms with E-state index in [-0.39, 0.29) is 17.2 Å². The van der Waals surface area contributed by atoms with Gasteiger partial charge in [-0.3, -0.25) is 4.79 Å². The summed E-state index contributed by atoms with van der Waals surface area (Å²) < 4.78 is 18.7. The van der Waals surface area contributed by atoms with Crippen molar-refractivity contribution in [3.05, 3.63) is 64.4 Å². The summed E-state index contributed by atoms with van der Waals surface area (Å²) in [5, 5.41) is 12.7. The van der Waals surface area contributed by atoms with Crippen LogP contribution in [-0.2, 0) is 4.79 Å². The quantitative estimate of drug-likeness (QED) is 0.676. The van der Waals surface area contributed by atoms with E-state index in [2.05, 4.69) is 10.5 Å². The first kappa shape index (κ1) is 16.5. The average Bonchev–Trinajstić information content (AvgIpc) is 2.56. The van der Waals surface area contributed by atoms with Gasteiger partial charge in [-0.15, -0.1) is 0 Å². The summed E-state index contributed by atoms with van der Waals surface area (Å²) in [7, 11) is 0. The second-order valence-corrected chi connectivity index (χ2v) is 4.73. The molecule has 0 heterocycles. The smallest absolute Gasteiger partial charge is 0.277 e. The second kappa shape index (κ2) is 7.92. The van der Waals surface area contributed by atoms with Crippen molar-refractivity contribution in [2.24, 2.45) is 5.10 Å². The van der Waals surface area contributed by atoms with Gasteiger partial charge in [0.15, 0.2) is 6.61 Å². The van der Waals surface area contributed by atoms with E-state index in [4.69, 9.17) is 21.6 Å². The molecule has 1 amide bonds. The summed E-state index contributed by atoms with van der Waals surface area (Å²) in [6.45, 7) is -0.332. The minimum Gasteiger partial charge on any atom is -0.482 e. The van der Waals surface area contributed by atoms with Gasteiger partial charge in [-0.05, 0) is 24.3 Å². The van der Waals surface area contributed by atoms with Gasteiger partial charge in [0.05, 0.1) is 16.8 Å². The van der Waals surface area contributed by atoms with Gasteiger partial charge in [-0.1, -0.05) is 29.8 Å². The fraction of sp³-hybridized carbons (Fsp3) is 0.0625. The van der Waals surface area contributed by atoms with Gasteiger partial charge in [-0.25, -0.2) is 9.82 Å².